The molecule has 0 aromatic heterocycles. The summed E-state index contributed by atoms with van der Waals surface area (Å²) in [7, 11) is -3.63. The van der Waals surface area contributed by atoms with Gasteiger partial charge in [-0.1, -0.05) is 49.7 Å². The number of nitrogens with one attached hydrogen (secondary N) is 4. The Kier molecular flexibility index (Phi) is 18.8. The Labute approximate surface area is 405 Å². The monoisotopic (exact) mass is 984 g/mol. The maximum absolute atomic E-state index is 12.6. The normalized spacial score (nSPS) is 17.1. The first-order valence-electron chi connectivity index (χ1n) is 22.5. The van der Waals surface area contributed by atoms with Crippen LogP contribution >= 0.6 is 0 Å². The van der Waals surface area contributed by atoms with Crippen molar-refractivity contribution in [1.82, 2.24) is 20.4 Å². The average molecular weight is 985 g/mol. The first kappa shape index (κ1) is 52.0. The van der Waals surface area contributed by atoms with Crippen LogP contribution in [0.4, 0.5) is 30.6 Å². The van der Waals surface area contributed by atoms with Gasteiger partial charge in [0.2, 0.25) is 0 Å². The van der Waals surface area contributed by atoms with Crippen molar-refractivity contribution in [2.24, 2.45) is 0 Å². The highest BCUT2D eigenvalue weighted by Gasteiger charge is 2.35. The number of benzene rings is 4. The molecule has 7 rings (SSSR count). The maximum atomic E-state index is 12.6. The van der Waals surface area contributed by atoms with E-state index in [1.54, 1.807) is 108 Å². The van der Waals surface area contributed by atoms with Gasteiger partial charge in [-0.3, -0.25) is 45.1 Å². The van der Waals surface area contributed by atoms with Crippen molar-refractivity contribution in [3.8, 4) is 11.5 Å². The molecule has 3 fully saturated rings. The number of amides is 4. The van der Waals surface area contributed by atoms with E-state index < -0.39 is 40.6 Å². The van der Waals surface area contributed by atoms with Gasteiger partial charge in [-0.05, 0) is 79.2 Å². The molecular formula is C48H56N8O13S. The van der Waals surface area contributed by atoms with Crippen LogP contribution in [0.5, 0.6) is 11.5 Å². The van der Waals surface area contributed by atoms with Crippen molar-refractivity contribution in [1.29, 1.82) is 10.8 Å². The van der Waals surface area contributed by atoms with Crippen LogP contribution < -0.4 is 29.9 Å². The number of hydrogen-bond donors (Lipinski definition) is 4. The molecule has 2 unspecified atom stereocenters. The first-order valence-corrected chi connectivity index (χ1v) is 24.3. The molecule has 70 heavy (non-hydrogen) atoms. The third-order valence-corrected chi connectivity index (χ3v) is 11.4. The molecule has 3 heterocycles. The third kappa shape index (κ3) is 16.4. The standard InChI is InChI=1S/C29H37N5O6.C19H19N3O7S/c1-2-3-19-38-26(35)13-14-32-15-17-33(18-16-32)20-25-21-34(29(37)40-25)23-11-9-22(10-12-23)27(30)31-28(36)39-24-7-5-4-6-8-24;1-30(25,26)27-12-16-11-22(19(24)29-16)14-9-7-13(8-10-14)17(20)21-18(23)28-15-5-3-2-4-6-15/h4-12,25H,2-3,13-21H2,1H3,(H2,30,31,36);2-10,16H,11-12H2,1H3,(H2,20,21,23). The Morgan fingerprint density at radius 2 is 1.13 bits per heavy atom. The first-order chi connectivity index (χ1) is 33.6. The van der Waals surface area contributed by atoms with Crippen molar-refractivity contribution in [3.05, 3.63) is 120 Å². The number of nitrogens with zero attached hydrogens (tertiary/aromatic N) is 4. The van der Waals surface area contributed by atoms with Gasteiger partial charge in [0.1, 0.15) is 42.0 Å². The zero-order valence-corrected chi connectivity index (χ0v) is 39.6. The summed E-state index contributed by atoms with van der Waals surface area (Å²) in [6.07, 6.45) is -0.335. The van der Waals surface area contributed by atoms with Crippen molar-refractivity contribution in [2.45, 2.75) is 38.4 Å². The Morgan fingerprint density at radius 1 is 0.671 bits per heavy atom. The fourth-order valence-corrected chi connectivity index (χ4v) is 7.59. The topological polar surface area (TPSA) is 260 Å². The molecule has 4 aromatic carbocycles. The summed E-state index contributed by atoms with van der Waals surface area (Å²) >= 11 is 0. The SMILES string of the molecule is CCCCOC(=O)CCN1CCN(CC2CN(c3ccc(C(=N)NC(=O)Oc4ccccc4)cc3)C(=O)O2)CC1.CS(=O)(=O)OCC1CN(c2ccc(C(=N)NC(=O)Oc3ccccc3)cc2)C(=O)O1. The van der Waals surface area contributed by atoms with Crippen LogP contribution in [0.15, 0.2) is 109 Å². The van der Waals surface area contributed by atoms with Gasteiger partial charge >= 0.3 is 30.3 Å². The number of rotatable bonds is 17. The number of hydrogen-bond acceptors (Lipinski definition) is 17. The van der Waals surface area contributed by atoms with E-state index in [4.69, 9.17) is 34.5 Å². The van der Waals surface area contributed by atoms with Gasteiger partial charge in [-0.15, -0.1) is 0 Å². The van der Waals surface area contributed by atoms with Crippen LogP contribution in [-0.2, 0) is 33.3 Å². The number of cyclic esters (lactones) is 2. The second-order valence-corrected chi connectivity index (χ2v) is 17.8. The summed E-state index contributed by atoms with van der Waals surface area (Å²) in [5.41, 5.74) is 2.02. The number of piperazine rings is 1. The molecule has 3 aliphatic heterocycles. The molecule has 0 radical (unpaired) electrons. The number of carbonyl (C=O) groups is 5. The van der Waals surface area contributed by atoms with Crippen molar-refractivity contribution < 1.29 is 60.3 Å². The molecular weight excluding hydrogens is 929 g/mol. The van der Waals surface area contributed by atoms with E-state index in [2.05, 4.69) is 31.5 Å². The lowest BCUT2D eigenvalue weighted by Gasteiger charge is -2.35. The Hall–Kier alpha value is -7.40. The number of amidine groups is 2. The van der Waals surface area contributed by atoms with E-state index >= 15 is 0 Å². The fourth-order valence-electron chi connectivity index (χ4n) is 7.19. The molecule has 0 saturated carbocycles. The predicted octanol–water partition coefficient (Wildman–Crippen LogP) is 5.58. The molecule has 0 aliphatic carbocycles. The Bertz CT molecular complexity index is 2550. The van der Waals surface area contributed by atoms with Gasteiger partial charge in [-0.25, -0.2) is 19.2 Å². The molecule has 4 aromatic rings. The van der Waals surface area contributed by atoms with Crippen LogP contribution in [0.3, 0.4) is 0 Å². The number of ether oxygens (including phenoxy) is 5. The zero-order chi connectivity index (χ0) is 50.0. The molecule has 2 atom stereocenters. The lowest BCUT2D eigenvalue weighted by atomic mass is 10.1. The van der Waals surface area contributed by atoms with E-state index in [9.17, 15) is 32.4 Å². The van der Waals surface area contributed by atoms with Crippen molar-refractivity contribution in [2.75, 3.05) is 81.6 Å². The number of anilines is 2. The highest BCUT2D eigenvalue weighted by Crippen LogP contribution is 2.25. The molecule has 0 spiro atoms. The second kappa shape index (κ2) is 25.3. The molecule has 0 bridgehead atoms. The van der Waals surface area contributed by atoms with Gasteiger partial charge in [0.15, 0.2) is 0 Å². The molecule has 4 N–H and O–H groups in total. The minimum Gasteiger partial charge on any atom is -0.466 e. The van der Waals surface area contributed by atoms with E-state index in [1.807, 2.05) is 6.07 Å². The molecule has 372 valence electrons. The van der Waals surface area contributed by atoms with Crippen LogP contribution in [0.1, 0.15) is 37.3 Å². The summed E-state index contributed by atoms with van der Waals surface area (Å²) < 4.78 is 53.0. The van der Waals surface area contributed by atoms with Gasteiger partial charge in [-0.2, -0.15) is 8.42 Å². The zero-order valence-electron chi connectivity index (χ0n) is 38.7. The lowest BCUT2D eigenvalue weighted by Crippen LogP contribution is -2.49. The van der Waals surface area contributed by atoms with Crippen LogP contribution in [0.2, 0.25) is 0 Å². The molecule has 4 amide bonds. The molecule has 3 saturated heterocycles. The van der Waals surface area contributed by atoms with E-state index in [0.717, 1.165) is 45.3 Å². The summed E-state index contributed by atoms with van der Waals surface area (Å²) in [5.74, 6) is 0.306. The minimum atomic E-state index is -3.63. The Balaban J connectivity index is 0.000000239. The highest BCUT2D eigenvalue weighted by atomic mass is 32.2. The van der Waals surface area contributed by atoms with Crippen LogP contribution in [-0.4, -0.2) is 144 Å². The molecule has 3 aliphatic rings. The van der Waals surface area contributed by atoms with Gasteiger partial charge in [0.25, 0.3) is 10.1 Å². The van der Waals surface area contributed by atoms with E-state index in [-0.39, 0.29) is 36.9 Å². The summed E-state index contributed by atoms with van der Waals surface area (Å²) in [5, 5.41) is 20.9. The largest absolute Gasteiger partial charge is 0.466 e. The second-order valence-electron chi connectivity index (χ2n) is 16.2. The van der Waals surface area contributed by atoms with Crippen molar-refractivity contribution in [3.63, 3.8) is 0 Å². The fraction of sp³-hybridized carbons (Fsp3) is 0.354. The summed E-state index contributed by atoms with van der Waals surface area (Å²) in [4.78, 5) is 67.8. The number of para-hydroxylation sites is 2. The van der Waals surface area contributed by atoms with Gasteiger partial charge < -0.3 is 28.6 Å². The number of carbonyl (C=O) groups excluding carboxylic acids is 5. The van der Waals surface area contributed by atoms with Crippen LogP contribution in [0, 0.1) is 10.8 Å². The number of unbranched alkanes of at least 4 members (excludes halogenated alkanes) is 1. The van der Waals surface area contributed by atoms with E-state index in [1.165, 1.54) is 4.90 Å². The predicted molar refractivity (Wildman–Crippen MR) is 257 cm³/mol. The summed E-state index contributed by atoms with van der Waals surface area (Å²) in [6.45, 7) is 7.58. The van der Waals surface area contributed by atoms with Gasteiger partial charge in [0, 0.05) is 61.8 Å². The summed E-state index contributed by atoms with van der Waals surface area (Å²) in [6, 6.07) is 30.1. The average Bonchev–Trinajstić information content (AvgIpc) is 3.91. The number of esters is 1. The Morgan fingerprint density at radius 3 is 1.60 bits per heavy atom. The lowest BCUT2D eigenvalue weighted by molar-refractivity contribution is -0.144. The molecule has 22 heteroatoms. The van der Waals surface area contributed by atoms with E-state index in [0.29, 0.717) is 66.7 Å². The molecule has 21 nitrogen and oxygen atoms in total. The highest BCUT2D eigenvalue weighted by molar-refractivity contribution is 7.86. The van der Waals surface area contributed by atoms with Crippen LogP contribution in [0.25, 0.3) is 0 Å². The minimum absolute atomic E-state index is 0.109. The quantitative estimate of drug-likeness (QED) is 0.0252. The third-order valence-electron chi connectivity index (χ3n) is 10.8. The maximum Gasteiger partial charge on any atom is 0.418 e. The smallest absolute Gasteiger partial charge is 0.418 e. The van der Waals surface area contributed by atoms with Crippen molar-refractivity contribution >= 4 is 63.5 Å². The van der Waals surface area contributed by atoms with Gasteiger partial charge in [0.05, 0.1) is 32.4 Å².